The third-order valence-electron chi connectivity index (χ3n) is 2.52. The van der Waals surface area contributed by atoms with Crippen LogP contribution in [0.5, 0.6) is 5.75 Å². The van der Waals surface area contributed by atoms with Gasteiger partial charge in [0.05, 0.1) is 0 Å². The largest absolute Gasteiger partial charge is 0.482 e. The Morgan fingerprint density at radius 2 is 1.95 bits per heavy atom. The second-order valence-corrected chi connectivity index (χ2v) is 5.04. The molecular weight excluding hydrogens is 278 g/mol. The van der Waals surface area contributed by atoms with Crippen LogP contribution in [0.4, 0.5) is 5.69 Å². The molecule has 0 unspecified atom stereocenters. The zero-order chi connectivity index (χ0) is 14.5. The molecule has 5 nitrogen and oxygen atoms in total. The molecule has 20 heavy (non-hydrogen) atoms. The van der Waals surface area contributed by atoms with Crippen LogP contribution in [0.1, 0.15) is 15.2 Å². The molecule has 0 aliphatic carbocycles. The number of aromatic carboxylic acids is 1. The number of carboxylic acid groups (broad SMARTS) is 1. The summed E-state index contributed by atoms with van der Waals surface area (Å²) in [5.41, 5.74) is 1.77. The molecular formula is C14H13NO4S. The smallest absolute Gasteiger partial charge is 0.349 e. The zero-order valence-corrected chi connectivity index (χ0v) is 11.6. The van der Waals surface area contributed by atoms with Crippen molar-refractivity contribution in [1.82, 2.24) is 0 Å². The number of carbonyl (C=O) groups is 2. The van der Waals surface area contributed by atoms with E-state index >= 15 is 0 Å². The third kappa shape index (κ3) is 3.58. The number of aryl methyl sites for hydroxylation is 1. The Kier molecular flexibility index (Phi) is 4.37. The summed E-state index contributed by atoms with van der Waals surface area (Å²) in [6, 6.07) is 8.89. The lowest BCUT2D eigenvalue weighted by Gasteiger charge is -2.07. The van der Waals surface area contributed by atoms with Crippen molar-refractivity contribution in [3.05, 3.63) is 46.2 Å². The fourth-order valence-electron chi connectivity index (χ4n) is 1.54. The van der Waals surface area contributed by atoms with Crippen molar-refractivity contribution in [2.75, 3.05) is 11.9 Å². The second kappa shape index (κ2) is 6.21. The fraction of sp³-hybridized carbons (Fsp3) is 0.143. The van der Waals surface area contributed by atoms with Gasteiger partial charge in [-0.1, -0.05) is 17.7 Å². The third-order valence-corrected chi connectivity index (χ3v) is 3.40. The Labute approximate surface area is 119 Å². The number of hydrogen-bond acceptors (Lipinski definition) is 4. The van der Waals surface area contributed by atoms with Crippen molar-refractivity contribution in [3.63, 3.8) is 0 Å². The number of ether oxygens (including phenoxy) is 1. The molecule has 2 aromatic rings. The number of anilines is 1. The van der Waals surface area contributed by atoms with E-state index in [1.54, 1.807) is 17.5 Å². The number of thiophene rings is 1. The van der Waals surface area contributed by atoms with E-state index in [-0.39, 0.29) is 23.1 Å². The summed E-state index contributed by atoms with van der Waals surface area (Å²) >= 11 is 1.06. The van der Waals surface area contributed by atoms with Gasteiger partial charge in [0, 0.05) is 5.69 Å². The molecule has 0 atom stereocenters. The average Bonchev–Trinajstić information content (AvgIpc) is 2.88. The van der Waals surface area contributed by atoms with E-state index in [1.807, 2.05) is 19.1 Å². The molecule has 6 heteroatoms. The van der Waals surface area contributed by atoms with Gasteiger partial charge in [-0.3, -0.25) is 4.79 Å². The molecule has 0 saturated carbocycles. The van der Waals surface area contributed by atoms with Gasteiger partial charge in [-0.2, -0.15) is 0 Å². The van der Waals surface area contributed by atoms with Gasteiger partial charge in [-0.25, -0.2) is 4.79 Å². The highest BCUT2D eigenvalue weighted by molar-refractivity contribution is 7.12. The highest BCUT2D eigenvalue weighted by Gasteiger charge is 2.14. The second-order valence-electron chi connectivity index (χ2n) is 4.12. The molecule has 0 spiro atoms. The van der Waals surface area contributed by atoms with Gasteiger partial charge in [0.25, 0.3) is 5.91 Å². The summed E-state index contributed by atoms with van der Waals surface area (Å²) < 4.78 is 5.21. The predicted molar refractivity (Wildman–Crippen MR) is 76.6 cm³/mol. The van der Waals surface area contributed by atoms with E-state index in [9.17, 15) is 9.59 Å². The summed E-state index contributed by atoms with van der Waals surface area (Å²) in [5, 5.41) is 13.2. The lowest BCUT2D eigenvalue weighted by atomic mass is 10.2. The summed E-state index contributed by atoms with van der Waals surface area (Å²) in [5.74, 6) is -1.19. The van der Waals surface area contributed by atoms with Crippen LogP contribution in [0, 0.1) is 6.92 Å². The van der Waals surface area contributed by atoms with Gasteiger partial charge in [0.2, 0.25) is 0 Å². The first-order valence-electron chi connectivity index (χ1n) is 5.86. The zero-order valence-electron chi connectivity index (χ0n) is 10.8. The lowest BCUT2D eigenvalue weighted by Crippen LogP contribution is -2.20. The molecule has 0 radical (unpaired) electrons. The number of nitrogens with one attached hydrogen (secondary N) is 1. The Balaban J connectivity index is 1.90. The van der Waals surface area contributed by atoms with E-state index in [1.165, 1.54) is 6.07 Å². The van der Waals surface area contributed by atoms with Crippen molar-refractivity contribution in [2.24, 2.45) is 0 Å². The Morgan fingerprint density at radius 3 is 2.60 bits per heavy atom. The summed E-state index contributed by atoms with van der Waals surface area (Å²) in [6.45, 7) is 1.73. The van der Waals surface area contributed by atoms with E-state index < -0.39 is 5.97 Å². The van der Waals surface area contributed by atoms with Crippen molar-refractivity contribution < 1.29 is 19.4 Å². The standard InChI is InChI=1S/C14H13NO4S/c1-9-2-4-10(5-3-9)15-12(16)8-19-11-6-7-20-13(11)14(17)18/h2-7H,8H2,1H3,(H,15,16)(H,17,18). The quantitative estimate of drug-likeness (QED) is 0.888. The van der Waals surface area contributed by atoms with Crippen LogP contribution >= 0.6 is 11.3 Å². The van der Waals surface area contributed by atoms with Gasteiger partial charge in [0.15, 0.2) is 11.5 Å². The molecule has 0 aliphatic heterocycles. The number of hydrogen-bond donors (Lipinski definition) is 2. The molecule has 0 bridgehead atoms. The maximum absolute atomic E-state index is 11.7. The number of benzene rings is 1. The minimum absolute atomic E-state index is 0.0909. The highest BCUT2D eigenvalue weighted by atomic mass is 32.1. The van der Waals surface area contributed by atoms with Crippen molar-refractivity contribution in [2.45, 2.75) is 6.92 Å². The molecule has 1 aromatic carbocycles. The Hall–Kier alpha value is -2.34. The van der Waals surface area contributed by atoms with Crippen LogP contribution in [-0.2, 0) is 4.79 Å². The van der Waals surface area contributed by atoms with Gasteiger partial charge < -0.3 is 15.2 Å². The van der Waals surface area contributed by atoms with E-state index in [2.05, 4.69) is 5.32 Å². The summed E-state index contributed by atoms with van der Waals surface area (Å²) in [7, 11) is 0. The SMILES string of the molecule is Cc1ccc(NC(=O)COc2ccsc2C(=O)O)cc1. The maximum atomic E-state index is 11.7. The maximum Gasteiger partial charge on any atom is 0.349 e. The Morgan fingerprint density at radius 1 is 1.25 bits per heavy atom. The normalized spacial score (nSPS) is 10.1. The topological polar surface area (TPSA) is 75.6 Å². The molecule has 2 N–H and O–H groups in total. The molecule has 1 amide bonds. The van der Waals surface area contributed by atoms with Crippen LogP contribution in [0.3, 0.4) is 0 Å². The number of amides is 1. The first-order chi connectivity index (χ1) is 9.56. The van der Waals surface area contributed by atoms with Crippen LogP contribution in [0.15, 0.2) is 35.7 Å². The van der Waals surface area contributed by atoms with Gasteiger partial charge >= 0.3 is 5.97 Å². The van der Waals surface area contributed by atoms with E-state index in [0.29, 0.717) is 5.69 Å². The van der Waals surface area contributed by atoms with Crippen LogP contribution in [0.2, 0.25) is 0 Å². The molecule has 0 aliphatic rings. The van der Waals surface area contributed by atoms with Gasteiger partial charge in [0.1, 0.15) is 5.75 Å². The highest BCUT2D eigenvalue weighted by Crippen LogP contribution is 2.24. The minimum Gasteiger partial charge on any atom is -0.482 e. The van der Waals surface area contributed by atoms with Crippen molar-refractivity contribution in [1.29, 1.82) is 0 Å². The monoisotopic (exact) mass is 291 g/mol. The van der Waals surface area contributed by atoms with Crippen LogP contribution in [0.25, 0.3) is 0 Å². The van der Waals surface area contributed by atoms with Crippen molar-refractivity contribution in [3.8, 4) is 5.75 Å². The summed E-state index contributed by atoms with van der Waals surface area (Å²) in [6.07, 6.45) is 0. The van der Waals surface area contributed by atoms with Crippen LogP contribution < -0.4 is 10.1 Å². The lowest BCUT2D eigenvalue weighted by molar-refractivity contribution is -0.118. The van der Waals surface area contributed by atoms with Gasteiger partial charge in [-0.15, -0.1) is 11.3 Å². The molecule has 0 saturated heterocycles. The van der Waals surface area contributed by atoms with Crippen LogP contribution in [-0.4, -0.2) is 23.6 Å². The molecule has 1 heterocycles. The first kappa shape index (κ1) is 14.1. The number of rotatable bonds is 5. The number of carbonyl (C=O) groups excluding carboxylic acids is 1. The predicted octanol–water partition coefficient (Wildman–Crippen LogP) is 2.77. The van der Waals surface area contributed by atoms with Crippen molar-refractivity contribution >= 4 is 28.9 Å². The molecule has 104 valence electrons. The first-order valence-corrected chi connectivity index (χ1v) is 6.74. The van der Waals surface area contributed by atoms with E-state index in [0.717, 1.165) is 16.9 Å². The fourth-order valence-corrected chi connectivity index (χ4v) is 2.22. The average molecular weight is 291 g/mol. The minimum atomic E-state index is -1.06. The molecule has 0 fully saturated rings. The van der Waals surface area contributed by atoms with E-state index in [4.69, 9.17) is 9.84 Å². The Bertz CT molecular complexity index is 618. The van der Waals surface area contributed by atoms with Gasteiger partial charge in [-0.05, 0) is 30.5 Å². The summed E-state index contributed by atoms with van der Waals surface area (Å²) in [4.78, 5) is 22.7. The number of carboxylic acids is 1. The molecule has 2 rings (SSSR count). The molecule has 1 aromatic heterocycles.